The fourth-order valence-corrected chi connectivity index (χ4v) is 3.72. The Bertz CT molecular complexity index is 922. The maximum Gasteiger partial charge on any atom is 0.307 e. The number of rotatable bonds is 9. The standard InChI is InChI=1S/C25H31F2NO2/c1-5-7-8-9-10-18-13-20(26)12-16(3)24(18)19-11-17(4)25(27)21(14-19)22(28)15-23(29)30-6-2/h5,7,11-14,22H,6,8-10,15,28H2,1-4H3/t22-/m0/s1. The van der Waals surface area contributed by atoms with Gasteiger partial charge in [-0.1, -0.05) is 12.2 Å². The van der Waals surface area contributed by atoms with Gasteiger partial charge in [0.15, 0.2) is 0 Å². The fourth-order valence-electron chi connectivity index (χ4n) is 3.72. The summed E-state index contributed by atoms with van der Waals surface area (Å²) in [4.78, 5) is 11.8. The topological polar surface area (TPSA) is 52.3 Å². The van der Waals surface area contributed by atoms with Crippen LogP contribution < -0.4 is 5.73 Å². The molecule has 0 bridgehead atoms. The molecule has 0 amide bonds. The predicted molar refractivity (Wildman–Crippen MR) is 117 cm³/mol. The Kier molecular flexibility index (Phi) is 8.72. The zero-order valence-corrected chi connectivity index (χ0v) is 18.2. The molecule has 2 aromatic rings. The molecule has 30 heavy (non-hydrogen) atoms. The van der Waals surface area contributed by atoms with Crippen LogP contribution in [-0.2, 0) is 16.0 Å². The molecule has 0 aliphatic rings. The highest BCUT2D eigenvalue weighted by Crippen LogP contribution is 2.34. The van der Waals surface area contributed by atoms with Crippen molar-refractivity contribution in [2.24, 2.45) is 5.73 Å². The fraction of sp³-hybridized carbons (Fsp3) is 0.400. The summed E-state index contributed by atoms with van der Waals surface area (Å²) in [5, 5.41) is 0. The Labute approximate surface area is 177 Å². The molecular formula is C25H31F2NO2. The lowest BCUT2D eigenvalue weighted by Gasteiger charge is -2.19. The van der Waals surface area contributed by atoms with Gasteiger partial charge in [-0.05, 0) is 99.0 Å². The lowest BCUT2D eigenvalue weighted by atomic mass is 9.88. The maximum absolute atomic E-state index is 14.8. The predicted octanol–water partition coefficient (Wildman–Crippen LogP) is 6.10. The molecule has 0 aromatic heterocycles. The van der Waals surface area contributed by atoms with Gasteiger partial charge in [-0.25, -0.2) is 8.78 Å². The summed E-state index contributed by atoms with van der Waals surface area (Å²) in [5.74, 6) is -1.17. The molecule has 1 atom stereocenters. The number of aryl methyl sites for hydroxylation is 3. The van der Waals surface area contributed by atoms with E-state index >= 15 is 0 Å². The summed E-state index contributed by atoms with van der Waals surface area (Å²) >= 11 is 0. The summed E-state index contributed by atoms with van der Waals surface area (Å²) in [7, 11) is 0. The van der Waals surface area contributed by atoms with Crippen LogP contribution in [0.25, 0.3) is 11.1 Å². The number of benzene rings is 2. The van der Waals surface area contributed by atoms with E-state index in [1.807, 2.05) is 19.9 Å². The van der Waals surface area contributed by atoms with Gasteiger partial charge in [0.1, 0.15) is 11.6 Å². The average molecular weight is 416 g/mol. The number of carbonyl (C=O) groups excluding carboxylic acids is 1. The molecule has 2 aromatic carbocycles. The second-order valence-corrected chi connectivity index (χ2v) is 7.53. The number of ether oxygens (including phenoxy) is 1. The minimum atomic E-state index is -0.818. The van der Waals surface area contributed by atoms with Gasteiger partial charge in [0.05, 0.1) is 13.0 Å². The third-order valence-electron chi connectivity index (χ3n) is 5.10. The first-order valence-corrected chi connectivity index (χ1v) is 10.4. The zero-order valence-electron chi connectivity index (χ0n) is 18.2. The number of allylic oxidation sites excluding steroid dienone is 2. The van der Waals surface area contributed by atoms with Crippen LogP contribution in [0.1, 0.15) is 61.4 Å². The molecule has 3 nitrogen and oxygen atoms in total. The van der Waals surface area contributed by atoms with Crippen molar-refractivity contribution in [3.8, 4) is 11.1 Å². The first kappa shape index (κ1) is 23.7. The van der Waals surface area contributed by atoms with E-state index in [0.29, 0.717) is 12.0 Å². The molecule has 0 heterocycles. The van der Waals surface area contributed by atoms with Gasteiger partial charge < -0.3 is 10.5 Å². The quantitative estimate of drug-likeness (QED) is 0.306. The van der Waals surface area contributed by atoms with Crippen LogP contribution in [0.5, 0.6) is 0 Å². The summed E-state index contributed by atoms with van der Waals surface area (Å²) in [5.41, 5.74) is 10.2. The number of hydrogen-bond donors (Lipinski definition) is 1. The highest BCUT2D eigenvalue weighted by atomic mass is 19.1. The molecule has 5 heteroatoms. The van der Waals surface area contributed by atoms with Crippen molar-refractivity contribution in [3.05, 3.63) is 70.3 Å². The van der Waals surface area contributed by atoms with E-state index in [2.05, 4.69) is 6.08 Å². The van der Waals surface area contributed by atoms with Crippen molar-refractivity contribution in [2.45, 2.75) is 59.4 Å². The van der Waals surface area contributed by atoms with E-state index in [9.17, 15) is 13.6 Å². The van der Waals surface area contributed by atoms with Crippen LogP contribution in [0.3, 0.4) is 0 Å². The van der Waals surface area contributed by atoms with Crippen LogP contribution in [0.15, 0.2) is 36.4 Å². The zero-order chi connectivity index (χ0) is 22.3. The molecule has 0 spiro atoms. The Morgan fingerprint density at radius 2 is 1.90 bits per heavy atom. The van der Waals surface area contributed by atoms with Crippen molar-refractivity contribution in [1.82, 2.24) is 0 Å². The first-order valence-electron chi connectivity index (χ1n) is 10.4. The van der Waals surface area contributed by atoms with Crippen molar-refractivity contribution in [3.63, 3.8) is 0 Å². The minimum Gasteiger partial charge on any atom is -0.466 e. The Balaban J connectivity index is 2.48. The number of nitrogens with two attached hydrogens (primary N) is 1. The number of hydrogen-bond acceptors (Lipinski definition) is 3. The second kappa shape index (κ2) is 11.0. The summed E-state index contributed by atoms with van der Waals surface area (Å²) in [6.45, 7) is 7.46. The molecule has 0 aliphatic heterocycles. The second-order valence-electron chi connectivity index (χ2n) is 7.53. The number of halogens is 2. The molecule has 0 fully saturated rings. The molecule has 0 radical (unpaired) electrons. The molecule has 0 saturated carbocycles. The van der Waals surface area contributed by atoms with Crippen molar-refractivity contribution in [2.75, 3.05) is 6.61 Å². The third kappa shape index (κ3) is 5.99. The lowest BCUT2D eigenvalue weighted by Crippen LogP contribution is -2.19. The van der Waals surface area contributed by atoms with E-state index in [1.165, 1.54) is 6.07 Å². The Morgan fingerprint density at radius 1 is 1.17 bits per heavy atom. The monoisotopic (exact) mass is 415 g/mol. The van der Waals surface area contributed by atoms with E-state index in [4.69, 9.17) is 10.5 Å². The Hall–Kier alpha value is -2.53. The van der Waals surface area contributed by atoms with Crippen molar-refractivity contribution >= 4 is 5.97 Å². The van der Waals surface area contributed by atoms with Crippen LogP contribution in [0.4, 0.5) is 8.78 Å². The Morgan fingerprint density at radius 3 is 2.57 bits per heavy atom. The van der Waals surface area contributed by atoms with Crippen molar-refractivity contribution < 1.29 is 18.3 Å². The van der Waals surface area contributed by atoms with Crippen LogP contribution in [0, 0.1) is 25.5 Å². The van der Waals surface area contributed by atoms with Gasteiger partial charge in [0.25, 0.3) is 0 Å². The highest BCUT2D eigenvalue weighted by Gasteiger charge is 2.20. The molecule has 2 N–H and O–H groups in total. The average Bonchev–Trinajstić information content (AvgIpc) is 2.67. The van der Waals surface area contributed by atoms with Gasteiger partial charge in [-0.2, -0.15) is 0 Å². The number of esters is 1. The lowest BCUT2D eigenvalue weighted by molar-refractivity contribution is -0.143. The molecular weight excluding hydrogens is 384 g/mol. The minimum absolute atomic E-state index is 0.105. The van der Waals surface area contributed by atoms with E-state index in [-0.39, 0.29) is 24.4 Å². The van der Waals surface area contributed by atoms with Gasteiger partial charge >= 0.3 is 5.97 Å². The van der Waals surface area contributed by atoms with E-state index < -0.39 is 17.8 Å². The SMILES string of the molecule is CC=CCCCc1cc(F)cc(C)c1-c1cc(C)c(F)c([C@@H](N)CC(=O)OCC)c1. The molecule has 0 saturated heterocycles. The van der Waals surface area contributed by atoms with E-state index in [0.717, 1.165) is 35.1 Å². The van der Waals surface area contributed by atoms with Crippen LogP contribution in [-0.4, -0.2) is 12.6 Å². The largest absolute Gasteiger partial charge is 0.466 e. The molecule has 0 unspecified atom stereocenters. The van der Waals surface area contributed by atoms with Crippen LogP contribution >= 0.6 is 0 Å². The van der Waals surface area contributed by atoms with Gasteiger partial charge in [-0.15, -0.1) is 0 Å². The normalized spacial score (nSPS) is 12.4. The van der Waals surface area contributed by atoms with Crippen LogP contribution in [0.2, 0.25) is 0 Å². The molecule has 162 valence electrons. The van der Waals surface area contributed by atoms with E-state index in [1.54, 1.807) is 32.0 Å². The third-order valence-corrected chi connectivity index (χ3v) is 5.10. The number of unbranched alkanes of at least 4 members (excludes halogenated alkanes) is 1. The smallest absolute Gasteiger partial charge is 0.307 e. The highest BCUT2D eigenvalue weighted by molar-refractivity contribution is 5.74. The summed E-state index contributed by atoms with van der Waals surface area (Å²) < 4.78 is 33.9. The molecule has 2 rings (SSSR count). The molecule has 0 aliphatic carbocycles. The van der Waals surface area contributed by atoms with Gasteiger partial charge in [0.2, 0.25) is 0 Å². The first-order chi connectivity index (χ1) is 14.3. The summed E-state index contributed by atoms with van der Waals surface area (Å²) in [6.07, 6.45) is 6.48. The van der Waals surface area contributed by atoms with Gasteiger partial charge in [-0.3, -0.25) is 4.79 Å². The van der Waals surface area contributed by atoms with Crippen molar-refractivity contribution in [1.29, 1.82) is 0 Å². The van der Waals surface area contributed by atoms with Gasteiger partial charge in [0, 0.05) is 11.6 Å². The summed E-state index contributed by atoms with van der Waals surface area (Å²) in [6, 6.07) is 5.66. The number of carbonyl (C=O) groups is 1. The maximum atomic E-state index is 14.8.